The van der Waals surface area contributed by atoms with Gasteiger partial charge in [-0.3, -0.25) is 0 Å². The van der Waals surface area contributed by atoms with Crippen LogP contribution in [0.25, 0.3) is 0 Å². The Bertz CT molecular complexity index is 912. The lowest BCUT2D eigenvalue weighted by Gasteiger charge is -2.18. The zero-order valence-electron chi connectivity index (χ0n) is 16.9. The first-order valence-corrected chi connectivity index (χ1v) is 10.4. The molecular weight excluding hydrogens is 368 g/mol. The SMILES string of the molecule is CCc1ccc(CNC(=NCc2nnc(C)n2C)NC(C)c2ccccc2)s1. The van der Waals surface area contributed by atoms with Crippen LogP contribution in [-0.4, -0.2) is 20.7 Å². The minimum absolute atomic E-state index is 0.142. The Morgan fingerprint density at radius 1 is 1.14 bits per heavy atom. The first-order chi connectivity index (χ1) is 13.6. The minimum Gasteiger partial charge on any atom is -0.351 e. The van der Waals surface area contributed by atoms with E-state index in [0.29, 0.717) is 6.54 Å². The number of guanidine groups is 1. The molecule has 2 N–H and O–H groups in total. The summed E-state index contributed by atoms with van der Waals surface area (Å²) in [5, 5.41) is 15.3. The van der Waals surface area contributed by atoms with Crippen LogP contribution in [0, 0.1) is 6.92 Å². The molecule has 0 bridgehead atoms. The van der Waals surface area contributed by atoms with Crippen LogP contribution in [0.15, 0.2) is 47.5 Å². The third-order valence-electron chi connectivity index (χ3n) is 4.71. The second-order valence-corrected chi connectivity index (χ2v) is 7.99. The standard InChI is InChI=1S/C21H28N6S/c1-5-18-11-12-19(28-18)13-22-21(23-14-20-26-25-16(3)27(20)4)24-15(2)17-9-7-6-8-10-17/h6-12,15H,5,13-14H2,1-4H3,(H2,22,23,24). The van der Waals surface area contributed by atoms with E-state index in [1.807, 2.05) is 35.9 Å². The highest BCUT2D eigenvalue weighted by Gasteiger charge is 2.10. The molecule has 0 saturated carbocycles. The average Bonchev–Trinajstić information content (AvgIpc) is 3.31. The molecule has 0 aliphatic heterocycles. The second kappa shape index (κ2) is 9.50. The van der Waals surface area contributed by atoms with Crippen LogP contribution in [0.3, 0.4) is 0 Å². The van der Waals surface area contributed by atoms with E-state index in [9.17, 15) is 0 Å². The van der Waals surface area contributed by atoms with Crippen molar-refractivity contribution in [1.82, 2.24) is 25.4 Å². The molecule has 6 nitrogen and oxygen atoms in total. The van der Waals surface area contributed by atoms with Gasteiger partial charge in [-0.05, 0) is 38.0 Å². The predicted octanol–water partition coefficient (Wildman–Crippen LogP) is 3.74. The van der Waals surface area contributed by atoms with Crippen LogP contribution in [0.4, 0.5) is 0 Å². The van der Waals surface area contributed by atoms with Gasteiger partial charge in [-0.15, -0.1) is 21.5 Å². The van der Waals surface area contributed by atoms with Crippen LogP contribution in [0.5, 0.6) is 0 Å². The molecule has 1 unspecified atom stereocenters. The first kappa shape index (κ1) is 20.1. The van der Waals surface area contributed by atoms with Gasteiger partial charge in [0.05, 0.1) is 12.6 Å². The normalized spacial score (nSPS) is 12.8. The number of hydrogen-bond donors (Lipinski definition) is 2. The van der Waals surface area contributed by atoms with E-state index in [4.69, 9.17) is 4.99 Å². The van der Waals surface area contributed by atoms with Crippen molar-refractivity contribution in [2.75, 3.05) is 0 Å². The lowest BCUT2D eigenvalue weighted by molar-refractivity contribution is 0.677. The van der Waals surface area contributed by atoms with Crippen molar-refractivity contribution in [2.24, 2.45) is 12.0 Å². The van der Waals surface area contributed by atoms with Gasteiger partial charge in [0.25, 0.3) is 0 Å². The molecule has 28 heavy (non-hydrogen) atoms. The molecule has 1 aromatic carbocycles. The lowest BCUT2D eigenvalue weighted by atomic mass is 10.1. The van der Waals surface area contributed by atoms with E-state index < -0.39 is 0 Å². The Kier molecular flexibility index (Phi) is 6.81. The fourth-order valence-corrected chi connectivity index (χ4v) is 3.70. The molecule has 3 rings (SSSR count). The highest BCUT2D eigenvalue weighted by atomic mass is 32.1. The number of aromatic nitrogens is 3. The lowest BCUT2D eigenvalue weighted by Crippen LogP contribution is -2.38. The predicted molar refractivity (Wildman–Crippen MR) is 115 cm³/mol. The topological polar surface area (TPSA) is 67.1 Å². The summed E-state index contributed by atoms with van der Waals surface area (Å²) >= 11 is 1.84. The average molecular weight is 397 g/mol. The molecule has 1 atom stereocenters. The van der Waals surface area contributed by atoms with Crippen molar-refractivity contribution in [3.8, 4) is 0 Å². The van der Waals surface area contributed by atoms with Crippen molar-refractivity contribution in [3.63, 3.8) is 0 Å². The Morgan fingerprint density at radius 2 is 1.89 bits per heavy atom. The molecule has 0 spiro atoms. The minimum atomic E-state index is 0.142. The zero-order valence-corrected chi connectivity index (χ0v) is 17.8. The van der Waals surface area contributed by atoms with Gasteiger partial charge < -0.3 is 15.2 Å². The van der Waals surface area contributed by atoms with E-state index in [1.54, 1.807) is 0 Å². The number of nitrogens with one attached hydrogen (secondary N) is 2. The van der Waals surface area contributed by atoms with Crippen LogP contribution in [0.1, 0.15) is 46.9 Å². The Balaban J connectivity index is 1.72. The van der Waals surface area contributed by atoms with Crippen LogP contribution >= 0.6 is 11.3 Å². The van der Waals surface area contributed by atoms with Crippen LogP contribution < -0.4 is 10.6 Å². The van der Waals surface area contributed by atoms with Gasteiger partial charge in [0.1, 0.15) is 12.4 Å². The molecule has 0 fully saturated rings. The molecule has 0 aliphatic rings. The fourth-order valence-electron chi connectivity index (χ4n) is 2.80. The van der Waals surface area contributed by atoms with E-state index >= 15 is 0 Å². The molecule has 0 aliphatic carbocycles. The summed E-state index contributed by atoms with van der Waals surface area (Å²) in [6.07, 6.45) is 1.07. The third kappa shape index (κ3) is 5.19. The molecule has 2 aromatic heterocycles. The van der Waals surface area contributed by atoms with Crippen molar-refractivity contribution >= 4 is 17.3 Å². The van der Waals surface area contributed by atoms with Gasteiger partial charge in [-0.1, -0.05) is 37.3 Å². The molecule has 3 aromatic rings. The zero-order chi connectivity index (χ0) is 19.9. The van der Waals surface area contributed by atoms with Gasteiger partial charge in [-0.2, -0.15) is 0 Å². The molecule has 148 valence electrons. The number of thiophene rings is 1. The van der Waals surface area contributed by atoms with Gasteiger partial charge >= 0.3 is 0 Å². The van der Waals surface area contributed by atoms with E-state index in [2.05, 4.69) is 71.1 Å². The summed E-state index contributed by atoms with van der Waals surface area (Å²) in [4.78, 5) is 7.45. The Morgan fingerprint density at radius 3 is 2.54 bits per heavy atom. The molecule has 7 heteroatoms. The highest BCUT2D eigenvalue weighted by Crippen LogP contribution is 2.17. The maximum Gasteiger partial charge on any atom is 0.192 e. The largest absolute Gasteiger partial charge is 0.351 e. The van der Waals surface area contributed by atoms with Gasteiger partial charge in [0.15, 0.2) is 11.8 Å². The van der Waals surface area contributed by atoms with Gasteiger partial charge in [0.2, 0.25) is 0 Å². The van der Waals surface area contributed by atoms with Crippen LogP contribution in [0.2, 0.25) is 0 Å². The summed E-state index contributed by atoms with van der Waals surface area (Å²) in [5.41, 5.74) is 1.22. The number of nitrogens with zero attached hydrogens (tertiary/aromatic N) is 4. The van der Waals surface area contributed by atoms with Crippen molar-refractivity contribution in [2.45, 2.75) is 46.3 Å². The summed E-state index contributed by atoms with van der Waals surface area (Å²) in [6, 6.07) is 14.9. The number of aliphatic imine (C=N–C) groups is 1. The third-order valence-corrected chi connectivity index (χ3v) is 5.94. The monoisotopic (exact) mass is 396 g/mol. The molecule has 2 heterocycles. The fraction of sp³-hybridized carbons (Fsp3) is 0.381. The maximum atomic E-state index is 4.75. The number of aryl methyl sites for hydroxylation is 2. The van der Waals surface area contributed by atoms with E-state index in [0.717, 1.165) is 30.6 Å². The Labute approximate surface area is 170 Å². The first-order valence-electron chi connectivity index (χ1n) is 9.59. The van der Waals surface area contributed by atoms with E-state index in [1.165, 1.54) is 15.3 Å². The van der Waals surface area contributed by atoms with Gasteiger partial charge in [0, 0.05) is 16.8 Å². The van der Waals surface area contributed by atoms with Crippen molar-refractivity contribution in [3.05, 3.63) is 69.4 Å². The molecule has 0 radical (unpaired) electrons. The molecule has 0 amide bonds. The van der Waals surface area contributed by atoms with Crippen molar-refractivity contribution in [1.29, 1.82) is 0 Å². The summed E-state index contributed by atoms with van der Waals surface area (Å²) < 4.78 is 1.97. The van der Waals surface area contributed by atoms with E-state index in [-0.39, 0.29) is 6.04 Å². The van der Waals surface area contributed by atoms with Gasteiger partial charge in [-0.25, -0.2) is 4.99 Å². The van der Waals surface area contributed by atoms with Crippen molar-refractivity contribution < 1.29 is 0 Å². The molecule has 0 saturated heterocycles. The Hall–Kier alpha value is -2.67. The summed E-state index contributed by atoms with van der Waals surface area (Å²) in [5.74, 6) is 2.50. The highest BCUT2D eigenvalue weighted by molar-refractivity contribution is 7.11. The number of rotatable bonds is 7. The quantitative estimate of drug-likeness (QED) is 0.472. The maximum absolute atomic E-state index is 4.75. The number of hydrogen-bond acceptors (Lipinski definition) is 4. The summed E-state index contributed by atoms with van der Waals surface area (Å²) in [7, 11) is 1.96. The molecular formula is C21H28N6S. The van der Waals surface area contributed by atoms with Crippen LogP contribution in [-0.2, 0) is 26.6 Å². The summed E-state index contributed by atoms with van der Waals surface area (Å²) in [6.45, 7) is 7.48. The smallest absolute Gasteiger partial charge is 0.192 e. The number of benzene rings is 1. The second-order valence-electron chi connectivity index (χ2n) is 6.74.